The van der Waals surface area contributed by atoms with E-state index in [2.05, 4.69) is 22.1 Å². The van der Waals surface area contributed by atoms with Crippen LogP contribution in [0.2, 0.25) is 0 Å². The first-order valence-corrected chi connectivity index (χ1v) is 8.46. The number of guanidine groups is 1. The number of nitrogens with zero attached hydrogens (tertiary/aromatic N) is 2. The van der Waals surface area contributed by atoms with Gasteiger partial charge in [-0.2, -0.15) is 0 Å². The summed E-state index contributed by atoms with van der Waals surface area (Å²) in [5.74, 6) is 3.28. The molecular formula is C17H26N4O2. The number of fused-ring (bicyclic) bond motifs is 1. The highest BCUT2D eigenvalue weighted by Gasteiger charge is 2.26. The largest absolute Gasteiger partial charge is 0.454 e. The number of aliphatic imine (C=N–C) groups is 1. The maximum atomic E-state index is 5.64. The number of hydrogen-bond donors (Lipinski definition) is 2. The van der Waals surface area contributed by atoms with Crippen molar-refractivity contribution in [2.75, 3.05) is 38.3 Å². The van der Waals surface area contributed by atoms with Gasteiger partial charge in [0.05, 0.1) is 6.54 Å². The number of nitrogens with one attached hydrogen (secondary N) is 1. The lowest BCUT2D eigenvalue weighted by atomic mass is 10.2. The quantitative estimate of drug-likeness (QED) is 0.596. The number of hydrogen-bond acceptors (Lipinski definition) is 4. The summed E-state index contributed by atoms with van der Waals surface area (Å²) in [6, 6.07) is 5.88. The van der Waals surface area contributed by atoms with Crippen molar-refractivity contribution < 1.29 is 9.47 Å². The zero-order chi connectivity index (χ0) is 16.1. The van der Waals surface area contributed by atoms with Crippen LogP contribution < -0.4 is 20.5 Å². The van der Waals surface area contributed by atoms with E-state index in [0.29, 0.717) is 13.1 Å². The first-order chi connectivity index (χ1) is 11.3. The van der Waals surface area contributed by atoms with Gasteiger partial charge >= 0.3 is 0 Å². The lowest BCUT2D eigenvalue weighted by molar-refractivity contribution is 0.174. The van der Waals surface area contributed by atoms with Gasteiger partial charge in [-0.3, -0.25) is 4.99 Å². The molecule has 0 spiro atoms. The van der Waals surface area contributed by atoms with E-state index in [9.17, 15) is 0 Å². The van der Waals surface area contributed by atoms with E-state index in [1.807, 2.05) is 18.2 Å². The van der Waals surface area contributed by atoms with Gasteiger partial charge in [0.25, 0.3) is 0 Å². The fourth-order valence-corrected chi connectivity index (χ4v) is 2.66. The molecule has 0 unspecified atom stereocenters. The molecule has 6 heteroatoms. The molecule has 3 N–H and O–H groups in total. The second-order valence-corrected chi connectivity index (χ2v) is 6.08. The Bertz CT molecular complexity index is 558. The third kappa shape index (κ3) is 4.28. The van der Waals surface area contributed by atoms with Gasteiger partial charge in [0.15, 0.2) is 17.5 Å². The first-order valence-electron chi connectivity index (χ1n) is 8.46. The minimum absolute atomic E-state index is 0.288. The van der Waals surface area contributed by atoms with Crippen molar-refractivity contribution in [2.45, 2.75) is 26.2 Å². The highest BCUT2D eigenvalue weighted by atomic mass is 16.7. The molecule has 1 fully saturated rings. The number of rotatable bonds is 7. The summed E-state index contributed by atoms with van der Waals surface area (Å²) in [6.07, 6.45) is 3.75. The third-order valence-corrected chi connectivity index (χ3v) is 3.99. The molecule has 0 amide bonds. The van der Waals surface area contributed by atoms with Gasteiger partial charge in [0.2, 0.25) is 6.79 Å². The Labute approximate surface area is 137 Å². The fraction of sp³-hybridized carbons (Fsp3) is 0.588. The molecule has 0 atom stereocenters. The SMILES string of the molecule is CCCN(CC1CC1)C(=NCCN)Nc1ccc2c(c1)OCO2. The second kappa shape index (κ2) is 7.55. The molecular weight excluding hydrogens is 292 g/mol. The second-order valence-electron chi connectivity index (χ2n) is 6.08. The number of ether oxygens (including phenoxy) is 2. The molecule has 0 radical (unpaired) electrons. The van der Waals surface area contributed by atoms with Crippen LogP contribution in [0, 0.1) is 5.92 Å². The average molecular weight is 318 g/mol. The van der Waals surface area contributed by atoms with Crippen molar-refractivity contribution in [3.8, 4) is 11.5 Å². The van der Waals surface area contributed by atoms with Crippen molar-refractivity contribution >= 4 is 11.6 Å². The highest BCUT2D eigenvalue weighted by Crippen LogP contribution is 2.34. The predicted molar refractivity (Wildman–Crippen MR) is 92.1 cm³/mol. The predicted octanol–water partition coefficient (Wildman–Crippen LogP) is 2.26. The van der Waals surface area contributed by atoms with Crippen LogP contribution in [0.15, 0.2) is 23.2 Å². The van der Waals surface area contributed by atoms with E-state index >= 15 is 0 Å². The molecule has 1 heterocycles. The van der Waals surface area contributed by atoms with Gasteiger partial charge in [-0.05, 0) is 37.3 Å². The van der Waals surface area contributed by atoms with Crippen LogP contribution in [0.3, 0.4) is 0 Å². The van der Waals surface area contributed by atoms with Crippen LogP contribution in [-0.2, 0) is 0 Å². The Kier molecular flexibility index (Phi) is 5.23. The lowest BCUT2D eigenvalue weighted by Gasteiger charge is -2.26. The average Bonchev–Trinajstić information content (AvgIpc) is 3.25. The summed E-state index contributed by atoms with van der Waals surface area (Å²) in [5, 5.41) is 3.45. The van der Waals surface area contributed by atoms with Crippen LogP contribution in [0.25, 0.3) is 0 Å². The van der Waals surface area contributed by atoms with E-state index in [1.54, 1.807) is 0 Å². The van der Waals surface area contributed by atoms with Crippen LogP contribution in [0.1, 0.15) is 26.2 Å². The minimum Gasteiger partial charge on any atom is -0.454 e. The summed E-state index contributed by atoms with van der Waals surface area (Å²) in [5.41, 5.74) is 6.60. The van der Waals surface area contributed by atoms with Crippen LogP contribution in [0.4, 0.5) is 5.69 Å². The van der Waals surface area contributed by atoms with Crippen molar-refractivity contribution in [1.82, 2.24) is 4.90 Å². The molecule has 2 aliphatic rings. The first kappa shape index (κ1) is 15.9. The van der Waals surface area contributed by atoms with Crippen LogP contribution >= 0.6 is 0 Å². The Morgan fingerprint density at radius 1 is 1.35 bits per heavy atom. The number of benzene rings is 1. The molecule has 6 nitrogen and oxygen atoms in total. The third-order valence-electron chi connectivity index (χ3n) is 3.99. The van der Waals surface area contributed by atoms with Gasteiger partial charge in [-0.1, -0.05) is 6.92 Å². The zero-order valence-electron chi connectivity index (χ0n) is 13.8. The Morgan fingerprint density at radius 2 is 2.17 bits per heavy atom. The molecule has 23 heavy (non-hydrogen) atoms. The van der Waals surface area contributed by atoms with E-state index in [1.165, 1.54) is 12.8 Å². The molecule has 126 valence electrons. The molecule has 0 saturated heterocycles. The highest BCUT2D eigenvalue weighted by molar-refractivity contribution is 5.94. The Balaban J connectivity index is 1.74. The van der Waals surface area contributed by atoms with Crippen molar-refractivity contribution in [3.05, 3.63) is 18.2 Å². The van der Waals surface area contributed by atoms with E-state index < -0.39 is 0 Å². The number of anilines is 1. The summed E-state index contributed by atoms with van der Waals surface area (Å²) in [6.45, 7) is 5.72. The molecule has 1 aliphatic carbocycles. The molecule has 0 aromatic heterocycles. The van der Waals surface area contributed by atoms with Gasteiger partial charge in [0.1, 0.15) is 0 Å². The molecule has 1 aliphatic heterocycles. The summed E-state index contributed by atoms with van der Waals surface area (Å²) in [4.78, 5) is 7.01. The topological polar surface area (TPSA) is 72.1 Å². The van der Waals surface area contributed by atoms with E-state index in [-0.39, 0.29) is 6.79 Å². The standard InChI is InChI=1S/C17H26N4O2/c1-2-9-21(11-13-3-4-13)17(19-8-7-18)20-14-5-6-15-16(10-14)23-12-22-15/h5-6,10,13H,2-4,7-9,11-12,18H2,1H3,(H,19,20). The molecule has 0 bridgehead atoms. The minimum atomic E-state index is 0.288. The van der Waals surface area contributed by atoms with Gasteiger partial charge in [-0.15, -0.1) is 0 Å². The van der Waals surface area contributed by atoms with Crippen LogP contribution in [-0.4, -0.2) is 43.8 Å². The summed E-state index contributed by atoms with van der Waals surface area (Å²) in [7, 11) is 0. The molecule has 1 saturated carbocycles. The molecule has 3 rings (SSSR count). The fourth-order valence-electron chi connectivity index (χ4n) is 2.66. The van der Waals surface area contributed by atoms with Gasteiger partial charge in [0, 0.05) is 31.4 Å². The lowest BCUT2D eigenvalue weighted by Crippen LogP contribution is -2.39. The molecule has 1 aromatic rings. The van der Waals surface area contributed by atoms with E-state index in [4.69, 9.17) is 15.2 Å². The van der Waals surface area contributed by atoms with E-state index in [0.717, 1.165) is 48.6 Å². The van der Waals surface area contributed by atoms with Crippen molar-refractivity contribution in [3.63, 3.8) is 0 Å². The van der Waals surface area contributed by atoms with Crippen molar-refractivity contribution in [2.24, 2.45) is 16.6 Å². The maximum absolute atomic E-state index is 5.64. The monoisotopic (exact) mass is 318 g/mol. The van der Waals surface area contributed by atoms with Gasteiger partial charge in [-0.25, -0.2) is 0 Å². The normalized spacial score (nSPS) is 16.5. The number of nitrogens with two attached hydrogens (primary N) is 1. The van der Waals surface area contributed by atoms with Crippen LogP contribution in [0.5, 0.6) is 11.5 Å². The Hall–Kier alpha value is -1.95. The summed E-state index contributed by atoms with van der Waals surface area (Å²) < 4.78 is 10.8. The Morgan fingerprint density at radius 3 is 2.91 bits per heavy atom. The smallest absolute Gasteiger partial charge is 0.231 e. The molecule has 1 aromatic carbocycles. The zero-order valence-corrected chi connectivity index (χ0v) is 13.8. The van der Waals surface area contributed by atoms with Gasteiger partial charge < -0.3 is 25.4 Å². The summed E-state index contributed by atoms with van der Waals surface area (Å²) >= 11 is 0. The van der Waals surface area contributed by atoms with Crippen molar-refractivity contribution in [1.29, 1.82) is 0 Å². The maximum Gasteiger partial charge on any atom is 0.231 e.